The largest absolute Gasteiger partial charge is 0.573 e. The van der Waals surface area contributed by atoms with Gasteiger partial charge in [0, 0.05) is 113 Å². The minimum absolute atomic E-state index is 0.00925. The van der Waals surface area contributed by atoms with Crippen molar-refractivity contribution in [3.63, 3.8) is 0 Å². The summed E-state index contributed by atoms with van der Waals surface area (Å²) in [6, 6.07) is 46.0. The SMILES string of the molecule is NCc1ccc2c(c1)C1(CCN(C(=O)c3ccc(OC(F)(F)F)cc3)CC1)CO2.NCc1ccc2c(c1)C1(CCN(C(=O)c3ccc(Oc4ccccc4)cc3)CC1)CO2.NCc1ccc2c(c1)C1(CCN(C(=O)c3cccc(SC(F)(F)F)c3)CC1)CO2. The number of hydrogen-bond acceptors (Lipinski definition) is 12. The monoisotopic (exact) mass is 1240 g/mol. The molecule has 0 aliphatic carbocycles. The second-order valence-corrected chi connectivity index (χ2v) is 24.4. The molecule has 21 heteroatoms. The Kier molecular flexibility index (Phi) is 18.3. The van der Waals surface area contributed by atoms with Crippen LogP contribution in [0.15, 0.2) is 163 Å². The number of nitrogens with two attached hydrogens (primary N) is 3. The maximum atomic E-state index is 13.1. The zero-order valence-corrected chi connectivity index (χ0v) is 49.6. The average Bonchev–Trinajstić information content (AvgIpc) is 1.68. The fourth-order valence-electron chi connectivity index (χ4n) is 12.7. The van der Waals surface area contributed by atoms with Gasteiger partial charge in [-0.15, -0.1) is 13.2 Å². The number of nitrogens with zero attached hydrogens (tertiary/aromatic N) is 3. The van der Waals surface area contributed by atoms with Crippen LogP contribution in [0.5, 0.6) is 34.5 Å². The quantitative estimate of drug-likeness (QED) is 0.0871. The van der Waals surface area contributed by atoms with Crippen LogP contribution in [-0.4, -0.2) is 103 Å². The lowest BCUT2D eigenvalue weighted by molar-refractivity contribution is -0.274. The number of halogens is 6. The van der Waals surface area contributed by atoms with Crippen molar-refractivity contribution in [1.29, 1.82) is 0 Å². The maximum absolute atomic E-state index is 13.1. The molecule has 0 atom stereocenters. The lowest BCUT2D eigenvalue weighted by atomic mass is 9.74. The van der Waals surface area contributed by atoms with Crippen molar-refractivity contribution in [3.8, 4) is 34.5 Å². The summed E-state index contributed by atoms with van der Waals surface area (Å²) in [5, 5.41) is 0. The summed E-state index contributed by atoms with van der Waals surface area (Å²) in [5.74, 6) is 3.49. The van der Waals surface area contributed by atoms with Gasteiger partial charge in [0.15, 0.2) is 0 Å². The van der Waals surface area contributed by atoms with Gasteiger partial charge in [-0.1, -0.05) is 60.7 Å². The third-order valence-electron chi connectivity index (χ3n) is 17.8. The van der Waals surface area contributed by atoms with Crippen LogP contribution in [0.1, 0.15) is 103 Å². The third-order valence-corrected chi connectivity index (χ3v) is 18.5. The molecule has 3 amide bonds. The fraction of sp³-hybridized carbons (Fsp3) is 0.338. The molecule has 466 valence electrons. The lowest BCUT2D eigenvalue weighted by Gasteiger charge is -2.38. The number of hydrogen-bond donors (Lipinski definition) is 3. The van der Waals surface area contributed by atoms with Gasteiger partial charge >= 0.3 is 11.9 Å². The molecule has 6 aliphatic rings. The molecule has 7 aromatic carbocycles. The van der Waals surface area contributed by atoms with Crippen LogP contribution in [0.4, 0.5) is 26.3 Å². The summed E-state index contributed by atoms with van der Waals surface area (Å²) < 4.78 is 102. The number of ether oxygens (including phenoxy) is 5. The van der Waals surface area contributed by atoms with Gasteiger partial charge in [0.05, 0.1) is 19.8 Å². The second kappa shape index (κ2) is 26.1. The molecular weight excluding hydrogens is 1170 g/mol. The van der Waals surface area contributed by atoms with Crippen molar-refractivity contribution in [2.75, 3.05) is 59.1 Å². The Hall–Kier alpha value is -8.24. The molecule has 6 N–H and O–H groups in total. The minimum Gasteiger partial charge on any atom is -0.492 e. The number of alkyl halides is 6. The first-order valence-electron chi connectivity index (χ1n) is 29.6. The van der Waals surface area contributed by atoms with Crippen LogP contribution in [0, 0.1) is 0 Å². The maximum Gasteiger partial charge on any atom is 0.573 e. The van der Waals surface area contributed by atoms with Crippen LogP contribution in [0.25, 0.3) is 0 Å². The molecule has 13 rings (SSSR count). The first kappa shape index (κ1) is 62.4. The first-order valence-corrected chi connectivity index (χ1v) is 30.4. The molecule has 0 unspecified atom stereocenters. The average molecular weight is 1240 g/mol. The van der Waals surface area contributed by atoms with E-state index in [4.69, 9.17) is 36.1 Å². The normalized spacial score (nSPS) is 17.4. The number of carbonyl (C=O) groups excluding carboxylic acids is 3. The molecule has 6 heterocycles. The second-order valence-electron chi connectivity index (χ2n) is 23.3. The van der Waals surface area contributed by atoms with Crippen molar-refractivity contribution in [3.05, 3.63) is 208 Å². The highest BCUT2D eigenvalue weighted by molar-refractivity contribution is 8.00. The van der Waals surface area contributed by atoms with Crippen LogP contribution in [0.2, 0.25) is 0 Å². The molecule has 3 spiro atoms. The van der Waals surface area contributed by atoms with Crippen molar-refractivity contribution < 1.29 is 64.4 Å². The Labute approximate surface area is 516 Å². The predicted molar refractivity (Wildman–Crippen MR) is 324 cm³/mol. The van der Waals surface area contributed by atoms with E-state index in [1.165, 1.54) is 35.9 Å². The van der Waals surface area contributed by atoms with Gasteiger partial charge in [0.2, 0.25) is 0 Å². The van der Waals surface area contributed by atoms with E-state index >= 15 is 0 Å². The summed E-state index contributed by atoms with van der Waals surface area (Å²) in [6.45, 7) is 6.90. The van der Waals surface area contributed by atoms with Gasteiger partial charge < -0.3 is 55.6 Å². The number of carbonyl (C=O) groups is 3. The van der Waals surface area contributed by atoms with Crippen molar-refractivity contribution in [1.82, 2.24) is 14.7 Å². The Bertz CT molecular complexity index is 3660. The van der Waals surface area contributed by atoms with Gasteiger partial charge in [-0.05, 0) is 164 Å². The third kappa shape index (κ3) is 14.1. The van der Waals surface area contributed by atoms with E-state index < -0.39 is 11.9 Å². The Morgan fingerprint density at radius 1 is 0.438 bits per heavy atom. The standard InChI is InChI=1S/C26H26N2O3.C21H21F3N2O3.C21H21F3N2O2S/c27-17-19-6-11-24-23(16-19)26(18-30-24)12-14-28(15-13-26)25(29)20-7-9-22(10-8-20)31-21-4-2-1-3-5-21;22-21(23,24)29-16-4-2-15(3-5-16)19(27)26-9-7-20(8-10-26)13-28-18-6-1-14(12-25)11-17(18)20;22-21(23,24)29-16-3-1-2-15(11-16)19(27)26-8-6-20(7-9-26)13-28-18-5-4-14(12-25)10-17(18)20/h1-11,16H,12-15,17-18,27H2;1-6,11H,7-10,12-13,25H2;1-5,10-11H,6-9,12-13,25H2. The van der Waals surface area contributed by atoms with Gasteiger partial charge in [-0.2, -0.15) is 13.2 Å². The highest BCUT2D eigenvalue weighted by Gasteiger charge is 2.47. The highest BCUT2D eigenvalue weighted by atomic mass is 32.2. The number of fused-ring (bicyclic) bond motifs is 6. The summed E-state index contributed by atoms with van der Waals surface area (Å²) in [7, 11) is 0. The Morgan fingerprint density at radius 3 is 1.18 bits per heavy atom. The minimum atomic E-state index is -4.75. The van der Waals surface area contributed by atoms with Gasteiger partial charge in [-0.25, -0.2) is 0 Å². The number of rotatable bonds is 10. The lowest BCUT2D eigenvalue weighted by Crippen LogP contribution is -2.46. The number of para-hydroxylation sites is 1. The number of benzene rings is 7. The molecule has 0 bridgehead atoms. The van der Waals surface area contributed by atoms with E-state index in [-0.39, 0.29) is 61.9 Å². The van der Waals surface area contributed by atoms with Crippen molar-refractivity contribution in [2.24, 2.45) is 17.2 Å². The molecule has 6 aliphatic heterocycles. The molecule has 89 heavy (non-hydrogen) atoms. The molecule has 14 nitrogen and oxygen atoms in total. The molecule has 0 radical (unpaired) electrons. The van der Waals surface area contributed by atoms with Crippen LogP contribution in [0.3, 0.4) is 0 Å². The molecular formula is C68H68F6N6O8S. The zero-order valence-electron chi connectivity index (χ0n) is 48.8. The van der Waals surface area contributed by atoms with E-state index in [0.29, 0.717) is 76.8 Å². The Balaban J connectivity index is 0.000000138. The van der Waals surface area contributed by atoms with E-state index in [9.17, 15) is 40.7 Å². The van der Waals surface area contributed by atoms with E-state index in [1.54, 1.807) is 15.9 Å². The molecule has 0 saturated carbocycles. The highest BCUT2D eigenvalue weighted by Crippen LogP contribution is 2.49. The molecule has 0 aromatic heterocycles. The summed E-state index contributed by atoms with van der Waals surface area (Å²) in [4.78, 5) is 44.1. The summed E-state index contributed by atoms with van der Waals surface area (Å²) in [6.07, 6.45) is 0.0532. The summed E-state index contributed by atoms with van der Waals surface area (Å²) in [5.41, 5.74) is 20.8. The summed E-state index contributed by atoms with van der Waals surface area (Å²) >= 11 is -0.208. The van der Waals surface area contributed by atoms with Gasteiger partial charge in [-0.3, -0.25) is 14.4 Å². The number of likely N-dealkylation sites (tertiary alicyclic amines) is 3. The fourth-order valence-corrected chi connectivity index (χ4v) is 13.3. The van der Waals surface area contributed by atoms with Crippen LogP contribution in [-0.2, 0) is 35.9 Å². The molecule has 3 fully saturated rings. The number of piperidine rings is 3. The van der Waals surface area contributed by atoms with E-state index in [2.05, 4.69) is 22.9 Å². The predicted octanol–water partition coefficient (Wildman–Crippen LogP) is 12.4. The molecule has 7 aromatic rings. The number of thioether (sulfide) groups is 1. The number of amides is 3. The van der Waals surface area contributed by atoms with Crippen LogP contribution < -0.4 is 40.9 Å². The van der Waals surface area contributed by atoms with Crippen LogP contribution >= 0.6 is 11.8 Å². The topological polar surface area (TPSA) is 185 Å². The van der Waals surface area contributed by atoms with Crippen molar-refractivity contribution in [2.45, 2.75) is 91.2 Å². The van der Waals surface area contributed by atoms with Gasteiger partial charge in [0.1, 0.15) is 34.5 Å². The smallest absolute Gasteiger partial charge is 0.492 e. The van der Waals surface area contributed by atoms with Gasteiger partial charge in [0.25, 0.3) is 17.7 Å². The first-order chi connectivity index (χ1) is 42.8. The van der Waals surface area contributed by atoms with Crippen molar-refractivity contribution >= 4 is 29.5 Å². The molecule has 3 saturated heterocycles. The Morgan fingerprint density at radius 2 is 0.809 bits per heavy atom. The van der Waals surface area contributed by atoms with E-state index in [1.807, 2.05) is 95.9 Å². The zero-order chi connectivity index (χ0) is 62.6. The van der Waals surface area contributed by atoms with E-state index in [0.717, 1.165) is 120 Å².